The minimum atomic E-state index is -0.384. The highest BCUT2D eigenvalue weighted by molar-refractivity contribution is 8.18. The van der Waals surface area contributed by atoms with E-state index in [2.05, 4.69) is 15.3 Å². The van der Waals surface area contributed by atoms with E-state index in [0.29, 0.717) is 16.5 Å². The quantitative estimate of drug-likeness (QED) is 0.777. The molecule has 7 nitrogen and oxygen atoms in total. The molecule has 8 heteroatoms. The molecule has 21 heavy (non-hydrogen) atoms. The highest BCUT2D eigenvalue weighted by Gasteiger charge is 2.25. The number of rotatable bonds is 2. The average Bonchev–Trinajstić information content (AvgIpc) is 2.77. The maximum Gasteiger partial charge on any atom is 0.290 e. The number of hydrogen-bond acceptors (Lipinski definition) is 7. The van der Waals surface area contributed by atoms with Crippen LogP contribution in [-0.4, -0.2) is 40.2 Å². The lowest BCUT2D eigenvalue weighted by molar-refractivity contribution is -0.115. The Hall–Kier alpha value is -1.93. The van der Waals surface area contributed by atoms with Crippen LogP contribution in [0.15, 0.2) is 17.2 Å². The van der Waals surface area contributed by atoms with Crippen molar-refractivity contribution in [3.05, 3.63) is 22.9 Å². The van der Waals surface area contributed by atoms with Crippen molar-refractivity contribution in [2.24, 2.45) is 5.73 Å². The number of imide groups is 1. The molecule has 1 atom stereocenters. The third kappa shape index (κ3) is 3.22. The fraction of sp³-hybridized carbons (Fsp3) is 0.385. The van der Waals surface area contributed by atoms with Gasteiger partial charge in [0.05, 0.1) is 10.6 Å². The Morgan fingerprint density at radius 3 is 3.05 bits per heavy atom. The Morgan fingerprint density at radius 2 is 2.33 bits per heavy atom. The van der Waals surface area contributed by atoms with Crippen LogP contribution in [0.2, 0.25) is 0 Å². The Kier molecular flexibility index (Phi) is 3.89. The summed E-state index contributed by atoms with van der Waals surface area (Å²) in [5.74, 6) is 0.222. The summed E-state index contributed by atoms with van der Waals surface area (Å²) >= 11 is 0.878. The molecule has 1 aromatic heterocycles. The Labute approximate surface area is 126 Å². The molecule has 2 saturated heterocycles. The third-order valence-electron chi connectivity index (χ3n) is 3.33. The summed E-state index contributed by atoms with van der Waals surface area (Å²) in [6.45, 7) is 1.61. The molecular weight excluding hydrogens is 290 g/mol. The van der Waals surface area contributed by atoms with Gasteiger partial charge in [-0.3, -0.25) is 14.9 Å². The van der Waals surface area contributed by atoms with Gasteiger partial charge in [0.25, 0.3) is 11.1 Å². The topological polar surface area (TPSA) is 101 Å². The van der Waals surface area contributed by atoms with Crippen LogP contribution in [0.4, 0.5) is 10.7 Å². The minimum absolute atomic E-state index is 0.137. The fourth-order valence-corrected chi connectivity index (χ4v) is 3.01. The first-order valence-electron chi connectivity index (χ1n) is 6.70. The van der Waals surface area contributed by atoms with E-state index in [4.69, 9.17) is 5.73 Å². The number of anilines is 1. The van der Waals surface area contributed by atoms with E-state index in [0.717, 1.165) is 37.7 Å². The summed E-state index contributed by atoms with van der Waals surface area (Å²) in [6.07, 6.45) is 5.27. The van der Waals surface area contributed by atoms with Crippen LogP contribution in [0.1, 0.15) is 18.5 Å². The van der Waals surface area contributed by atoms with Gasteiger partial charge in [0.2, 0.25) is 5.95 Å². The summed E-state index contributed by atoms with van der Waals surface area (Å²) in [4.78, 5) is 33.8. The van der Waals surface area contributed by atoms with Gasteiger partial charge in [-0.05, 0) is 36.7 Å². The molecule has 0 saturated carbocycles. The zero-order valence-corrected chi connectivity index (χ0v) is 12.1. The van der Waals surface area contributed by atoms with Crippen molar-refractivity contribution in [1.29, 1.82) is 0 Å². The van der Waals surface area contributed by atoms with Crippen LogP contribution in [0.3, 0.4) is 0 Å². The lowest BCUT2D eigenvalue weighted by Crippen LogP contribution is -2.43. The van der Waals surface area contributed by atoms with Gasteiger partial charge in [0.15, 0.2) is 0 Å². The molecule has 110 valence electrons. The van der Waals surface area contributed by atoms with Crippen LogP contribution >= 0.6 is 11.8 Å². The molecule has 2 fully saturated rings. The van der Waals surface area contributed by atoms with Crippen LogP contribution in [0.25, 0.3) is 6.08 Å². The number of nitrogens with zero attached hydrogens (tertiary/aromatic N) is 3. The highest BCUT2D eigenvalue weighted by atomic mass is 32.2. The van der Waals surface area contributed by atoms with Gasteiger partial charge in [-0.1, -0.05) is 0 Å². The Bertz CT molecular complexity index is 618. The summed E-state index contributed by atoms with van der Waals surface area (Å²) in [6, 6.07) is 1.84. The van der Waals surface area contributed by atoms with Crippen LogP contribution < -0.4 is 16.0 Å². The van der Waals surface area contributed by atoms with Gasteiger partial charge in [-0.25, -0.2) is 9.97 Å². The van der Waals surface area contributed by atoms with Crippen molar-refractivity contribution in [1.82, 2.24) is 15.3 Å². The molecule has 0 unspecified atom stereocenters. The first-order chi connectivity index (χ1) is 10.1. The van der Waals surface area contributed by atoms with Crippen LogP contribution in [0.5, 0.6) is 0 Å². The lowest BCUT2D eigenvalue weighted by Gasteiger charge is -2.30. The summed E-state index contributed by atoms with van der Waals surface area (Å²) in [5.41, 5.74) is 6.57. The number of hydrogen-bond donors (Lipinski definition) is 2. The number of aromatic nitrogens is 2. The number of nitrogens with two attached hydrogens (primary N) is 1. The number of carbonyl (C=O) groups is 2. The normalized spacial score (nSPS) is 24.5. The average molecular weight is 305 g/mol. The van der Waals surface area contributed by atoms with E-state index >= 15 is 0 Å². The number of carbonyl (C=O) groups excluding carboxylic acids is 2. The number of nitrogens with one attached hydrogen (secondary N) is 1. The second kappa shape index (κ2) is 5.82. The van der Waals surface area contributed by atoms with E-state index in [9.17, 15) is 9.59 Å². The Morgan fingerprint density at radius 1 is 1.48 bits per heavy atom. The molecule has 2 aliphatic rings. The predicted octanol–water partition coefficient (Wildman–Crippen LogP) is 0.728. The largest absolute Gasteiger partial charge is 0.339 e. The van der Waals surface area contributed by atoms with Crippen molar-refractivity contribution >= 4 is 34.9 Å². The van der Waals surface area contributed by atoms with Gasteiger partial charge in [-0.15, -0.1) is 0 Å². The molecule has 1 aromatic rings. The zero-order chi connectivity index (χ0) is 14.8. The van der Waals surface area contributed by atoms with E-state index in [1.807, 2.05) is 4.90 Å². The SMILES string of the molecule is N[C@H]1CCCN(c2nccc(C=C3SC(=O)NC3=O)n2)C1. The van der Waals surface area contributed by atoms with Crippen molar-refractivity contribution in [3.8, 4) is 0 Å². The third-order valence-corrected chi connectivity index (χ3v) is 4.14. The lowest BCUT2D eigenvalue weighted by atomic mass is 10.1. The van der Waals surface area contributed by atoms with Gasteiger partial charge in [0, 0.05) is 25.3 Å². The minimum Gasteiger partial charge on any atom is -0.339 e. The molecule has 3 heterocycles. The molecular formula is C13H15N5O2S. The van der Waals surface area contributed by atoms with Crippen molar-refractivity contribution in [3.63, 3.8) is 0 Å². The number of amides is 2. The molecule has 0 aliphatic carbocycles. The van der Waals surface area contributed by atoms with E-state index in [1.165, 1.54) is 0 Å². The van der Waals surface area contributed by atoms with Crippen LogP contribution in [-0.2, 0) is 4.79 Å². The van der Waals surface area contributed by atoms with Crippen molar-refractivity contribution in [2.75, 3.05) is 18.0 Å². The molecule has 0 aromatic carbocycles. The number of thioether (sulfide) groups is 1. The van der Waals surface area contributed by atoms with Gasteiger partial charge in [-0.2, -0.15) is 0 Å². The molecule has 0 spiro atoms. The van der Waals surface area contributed by atoms with E-state index < -0.39 is 0 Å². The summed E-state index contributed by atoms with van der Waals surface area (Å²) in [5, 5.41) is 1.86. The van der Waals surface area contributed by atoms with Crippen molar-refractivity contribution in [2.45, 2.75) is 18.9 Å². The standard InChI is InChI=1S/C13H15N5O2S/c14-8-2-1-5-18(7-8)12-15-4-3-9(16-12)6-10-11(19)17-13(20)21-10/h3-4,6,8H,1-2,5,7,14H2,(H,17,19,20)/t8-/m0/s1. The monoisotopic (exact) mass is 305 g/mol. The second-order valence-electron chi connectivity index (χ2n) is 4.98. The maximum atomic E-state index is 11.5. The van der Waals surface area contributed by atoms with Gasteiger partial charge in [0.1, 0.15) is 0 Å². The molecule has 2 amide bonds. The molecule has 3 rings (SSSR count). The first kappa shape index (κ1) is 14.0. The van der Waals surface area contributed by atoms with Gasteiger partial charge >= 0.3 is 0 Å². The van der Waals surface area contributed by atoms with E-state index in [1.54, 1.807) is 18.3 Å². The summed E-state index contributed by atoms with van der Waals surface area (Å²) in [7, 11) is 0. The van der Waals surface area contributed by atoms with Crippen molar-refractivity contribution < 1.29 is 9.59 Å². The number of piperidine rings is 1. The van der Waals surface area contributed by atoms with E-state index in [-0.39, 0.29) is 17.2 Å². The Balaban J connectivity index is 1.82. The highest BCUT2D eigenvalue weighted by Crippen LogP contribution is 2.25. The smallest absolute Gasteiger partial charge is 0.290 e. The maximum absolute atomic E-state index is 11.5. The molecule has 0 radical (unpaired) electrons. The van der Waals surface area contributed by atoms with Crippen LogP contribution in [0, 0.1) is 0 Å². The zero-order valence-electron chi connectivity index (χ0n) is 11.3. The first-order valence-corrected chi connectivity index (χ1v) is 7.52. The molecule has 2 aliphatic heterocycles. The predicted molar refractivity (Wildman–Crippen MR) is 80.6 cm³/mol. The summed E-state index contributed by atoms with van der Waals surface area (Å²) < 4.78 is 0. The fourth-order valence-electron chi connectivity index (χ4n) is 2.34. The molecule has 3 N–H and O–H groups in total. The molecule has 0 bridgehead atoms. The second-order valence-corrected chi connectivity index (χ2v) is 6.00. The van der Waals surface area contributed by atoms with Gasteiger partial charge < -0.3 is 10.6 Å².